The molecule has 0 radical (unpaired) electrons. The van der Waals surface area contributed by atoms with Crippen LogP contribution in [0.25, 0.3) is 11.0 Å². The summed E-state index contributed by atoms with van der Waals surface area (Å²) in [4.78, 5) is 1.55. The third-order valence-electron chi connectivity index (χ3n) is 3.58. The van der Waals surface area contributed by atoms with Crippen molar-refractivity contribution in [3.05, 3.63) is 58.3 Å². The molecule has 0 aliphatic heterocycles. The zero-order valence-corrected chi connectivity index (χ0v) is 14.4. The molecule has 3 aromatic rings. The number of nitrogens with two attached hydrogens (primary N) is 1. The molecule has 0 spiro atoms. The smallest absolute Gasteiger partial charge is 0.193 e. The number of furan rings is 1. The van der Waals surface area contributed by atoms with Crippen molar-refractivity contribution in [1.29, 1.82) is 5.41 Å². The number of halogens is 2. The molecule has 0 saturated heterocycles. The maximum atomic E-state index is 7.89. The van der Waals surface area contributed by atoms with Gasteiger partial charge < -0.3 is 19.8 Å². The molecule has 124 valence electrons. The zero-order valence-electron chi connectivity index (χ0n) is 12.8. The highest BCUT2D eigenvalue weighted by Crippen LogP contribution is 2.33. The Morgan fingerprint density at radius 2 is 2.04 bits per heavy atom. The Balaban J connectivity index is 2.01. The van der Waals surface area contributed by atoms with Gasteiger partial charge in [-0.25, -0.2) is 0 Å². The number of nitrogens with zero attached hydrogens (tertiary/aromatic N) is 1. The largest absolute Gasteiger partial charge is 0.495 e. The minimum Gasteiger partial charge on any atom is -0.495 e. The van der Waals surface area contributed by atoms with E-state index in [1.165, 1.54) is 0 Å². The number of anilines is 1. The summed E-state index contributed by atoms with van der Waals surface area (Å²) >= 11 is 12.2. The fraction of sp³-hybridized carbons (Fsp3) is 0.118. The summed E-state index contributed by atoms with van der Waals surface area (Å²) in [6, 6.07) is 12.5. The molecule has 3 rings (SSSR count). The van der Waals surface area contributed by atoms with Crippen LogP contribution in [-0.2, 0) is 6.54 Å². The highest BCUT2D eigenvalue weighted by atomic mass is 35.5. The Labute approximate surface area is 149 Å². The molecule has 7 heteroatoms. The van der Waals surface area contributed by atoms with Crippen LogP contribution in [0.3, 0.4) is 0 Å². The van der Waals surface area contributed by atoms with Gasteiger partial charge in [-0.1, -0.05) is 35.3 Å². The standard InChI is InChI=1S/C17H15Cl2N3O2/c1-23-15-6-5-11(18)8-14(15)22(17(20)21)9-12-7-10-3-2-4-13(19)16(10)24-12/h2-8H,9H2,1H3,(H3,20,21). The average molecular weight is 364 g/mol. The predicted molar refractivity (Wildman–Crippen MR) is 97.3 cm³/mol. The number of guanidine groups is 1. The van der Waals surface area contributed by atoms with E-state index in [2.05, 4.69) is 0 Å². The number of para-hydroxylation sites is 1. The normalized spacial score (nSPS) is 10.8. The summed E-state index contributed by atoms with van der Waals surface area (Å²) in [5.74, 6) is 1.03. The Bertz CT molecular complexity index is 908. The van der Waals surface area contributed by atoms with Gasteiger partial charge in [0.25, 0.3) is 0 Å². The molecule has 1 heterocycles. The van der Waals surface area contributed by atoms with Gasteiger partial charge in [-0.05, 0) is 30.3 Å². The third-order valence-corrected chi connectivity index (χ3v) is 4.12. The number of methoxy groups -OCH3 is 1. The second-order valence-corrected chi connectivity index (χ2v) is 6.00. The summed E-state index contributed by atoms with van der Waals surface area (Å²) in [7, 11) is 1.55. The Morgan fingerprint density at radius 1 is 1.25 bits per heavy atom. The SMILES string of the molecule is COc1ccc(Cl)cc1N(Cc1cc2cccc(Cl)c2o1)C(=N)N. The Hall–Kier alpha value is -2.37. The van der Waals surface area contributed by atoms with E-state index >= 15 is 0 Å². The van der Waals surface area contributed by atoms with Gasteiger partial charge in [0.15, 0.2) is 11.5 Å². The van der Waals surface area contributed by atoms with Crippen molar-refractivity contribution in [2.24, 2.45) is 5.73 Å². The van der Waals surface area contributed by atoms with Crippen LogP contribution in [0.4, 0.5) is 5.69 Å². The van der Waals surface area contributed by atoms with Crippen molar-refractivity contribution in [1.82, 2.24) is 0 Å². The van der Waals surface area contributed by atoms with Gasteiger partial charge in [-0.3, -0.25) is 5.41 Å². The lowest BCUT2D eigenvalue weighted by Gasteiger charge is -2.23. The summed E-state index contributed by atoms with van der Waals surface area (Å²) in [5.41, 5.74) is 6.95. The summed E-state index contributed by atoms with van der Waals surface area (Å²) in [6.45, 7) is 0.247. The quantitative estimate of drug-likeness (QED) is 0.522. The number of ether oxygens (including phenoxy) is 1. The van der Waals surface area contributed by atoms with Gasteiger partial charge in [0.2, 0.25) is 0 Å². The number of benzene rings is 2. The Kier molecular flexibility index (Phi) is 4.55. The second kappa shape index (κ2) is 6.63. The van der Waals surface area contributed by atoms with Crippen LogP contribution < -0.4 is 15.4 Å². The molecule has 3 N–H and O–H groups in total. The van der Waals surface area contributed by atoms with Crippen LogP contribution in [0.1, 0.15) is 5.76 Å². The molecule has 24 heavy (non-hydrogen) atoms. The predicted octanol–water partition coefficient (Wildman–Crippen LogP) is 4.65. The molecule has 0 aliphatic rings. The maximum Gasteiger partial charge on any atom is 0.193 e. The monoisotopic (exact) mass is 363 g/mol. The van der Waals surface area contributed by atoms with Gasteiger partial charge in [0.05, 0.1) is 24.4 Å². The van der Waals surface area contributed by atoms with Crippen LogP contribution in [0.2, 0.25) is 10.0 Å². The van der Waals surface area contributed by atoms with Gasteiger partial charge in [-0.2, -0.15) is 0 Å². The summed E-state index contributed by atoms with van der Waals surface area (Å²) in [5, 5.41) is 9.84. The summed E-state index contributed by atoms with van der Waals surface area (Å²) < 4.78 is 11.1. The van der Waals surface area contributed by atoms with Crippen molar-refractivity contribution in [3.8, 4) is 5.75 Å². The number of fused-ring (bicyclic) bond motifs is 1. The van der Waals surface area contributed by atoms with Crippen molar-refractivity contribution in [2.45, 2.75) is 6.54 Å². The first kappa shape index (κ1) is 16.5. The first-order chi connectivity index (χ1) is 11.5. The molecule has 0 bridgehead atoms. The van der Waals surface area contributed by atoms with E-state index in [0.29, 0.717) is 32.8 Å². The van der Waals surface area contributed by atoms with Crippen LogP contribution in [0.5, 0.6) is 5.75 Å². The molecular formula is C17H15Cl2N3O2. The molecule has 0 aliphatic carbocycles. The molecule has 0 atom stereocenters. The van der Waals surface area contributed by atoms with Crippen molar-refractivity contribution < 1.29 is 9.15 Å². The lowest BCUT2D eigenvalue weighted by atomic mass is 10.2. The highest BCUT2D eigenvalue weighted by Gasteiger charge is 2.18. The molecular weight excluding hydrogens is 349 g/mol. The summed E-state index contributed by atoms with van der Waals surface area (Å²) in [6.07, 6.45) is 0. The highest BCUT2D eigenvalue weighted by molar-refractivity contribution is 6.34. The van der Waals surface area contributed by atoms with Crippen LogP contribution in [0, 0.1) is 5.41 Å². The van der Waals surface area contributed by atoms with Gasteiger partial charge >= 0.3 is 0 Å². The van der Waals surface area contributed by atoms with Crippen molar-refractivity contribution >= 4 is 45.8 Å². The van der Waals surface area contributed by atoms with E-state index in [0.717, 1.165) is 5.39 Å². The first-order valence-electron chi connectivity index (χ1n) is 7.11. The molecule has 0 unspecified atom stereocenters. The third kappa shape index (κ3) is 3.13. The fourth-order valence-electron chi connectivity index (χ4n) is 2.49. The molecule has 0 amide bonds. The number of hydrogen-bond donors (Lipinski definition) is 2. The van der Waals surface area contributed by atoms with E-state index < -0.39 is 0 Å². The average Bonchev–Trinajstić information content (AvgIpc) is 2.96. The van der Waals surface area contributed by atoms with Crippen molar-refractivity contribution in [2.75, 3.05) is 12.0 Å². The van der Waals surface area contributed by atoms with Gasteiger partial charge in [-0.15, -0.1) is 0 Å². The molecule has 0 fully saturated rings. The fourth-order valence-corrected chi connectivity index (χ4v) is 2.88. The lowest BCUT2D eigenvalue weighted by Crippen LogP contribution is -2.36. The maximum absolute atomic E-state index is 7.89. The van der Waals surface area contributed by atoms with E-state index in [9.17, 15) is 0 Å². The van der Waals surface area contributed by atoms with Crippen LogP contribution >= 0.6 is 23.2 Å². The topological polar surface area (TPSA) is 75.5 Å². The minimum absolute atomic E-state index is 0.151. The number of hydrogen-bond acceptors (Lipinski definition) is 3. The van der Waals surface area contributed by atoms with Gasteiger partial charge in [0, 0.05) is 10.4 Å². The van der Waals surface area contributed by atoms with E-state index in [1.54, 1.807) is 36.3 Å². The first-order valence-corrected chi connectivity index (χ1v) is 7.87. The molecule has 0 saturated carbocycles. The minimum atomic E-state index is -0.151. The number of nitrogens with one attached hydrogen (secondary N) is 1. The molecule has 2 aromatic carbocycles. The van der Waals surface area contributed by atoms with Gasteiger partial charge in [0.1, 0.15) is 11.5 Å². The van der Waals surface area contributed by atoms with Crippen molar-refractivity contribution in [3.63, 3.8) is 0 Å². The van der Waals surface area contributed by atoms with Crippen LogP contribution in [-0.4, -0.2) is 13.1 Å². The molecule has 5 nitrogen and oxygen atoms in total. The zero-order chi connectivity index (χ0) is 17.3. The lowest BCUT2D eigenvalue weighted by molar-refractivity contribution is 0.415. The number of rotatable bonds is 4. The van der Waals surface area contributed by atoms with E-state index in [-0.39, 0.29) is 12.5 Å². The Morgan fingerprint density at radius 3 is 2.71 bits per heavy atom. The van der Waals surface area contributed by atoms with Crippen LogP contribution in [0.15, 0.2) is 46.9 Å². The van der Waals surface area contributed by atoms with E-state index in [1.807, 2.05) is 18.2 Å². The second-order valence-electron chi connectivity index (χ2n) is 5.16. The molecule has 1 aromatic heterocycles. The van der Waals surface area contributed by atoms with E-state index in [4.69, 9.17) is 43.5 Å².